The molecular weight excluding hydrogens is 232 g/mol. The zero-order chi connectivity index (χ0) is 13.7. The van der Waals surface area contributed by atoms with Crippen molar-refractivity contribution in [3.8, 4) is 5.75 Å². The van der Waals surface area contributed by atoms with Crippen LogP contribution in [-0.4, -0.2) is 17.8 Å². The molecule has 1 unspecified atom stereocenters. The molecule has 0 heterocycles. The van der Waals surface area contributed by atoms with E-state index in [1.807, 2.05) is 13.8 Å². The van der Waals surface area contributed by atoms with Crippen molar-refractivity contribution >= 4 is 11.7 Å². The van der Waals surface area contributed by atoms with Crippen LogP contribution in [0.4, 0.5) is 0 Å². The highest BCUT2D eigenvalue weighted by Gasteiger charge is 2.23. The van der Waals surface area contributed by atoms with Crippen molar-refractivity contribution < 1.29 is 14.3 Å². The van der Waals surface area contributed by atoms with Gasteiger partial charge < -0.3 is 4.74 Å². The average Bonchev–Trinajstić information content (AvgIpc) is 2.35. The van der Waals surface area contributed by atoms with E-state index >= 15 is 0 Å². The number of hydrogen-bond donors (Lipinski definition) is 2. The summed E-state index contributed by atoms with van der Waals surface area (Å²) in [5, 5.41) is 0. The lowest BCUT2D eigenvalue weighted by molar-refractivity contribution is -0.129. The molecule has 0 aromatic heterocycles. The van der Waals surface area contributed by atoms with E-state index < -0.39 is 6.10 Å². The summed E-state index contributed by atoms with van der Waals surface area (Å²) in [6, 6.07) is 6.65. The number of hydrogen-bond acceptors (Lipinski definition) is 4. The number of hydrazine groups is 1. The Kier molecular flexibility index (Phi) is 4.85. The topological polar surface area (TPSA) is 81.4 Å². The van der Waals surface area contributed by atoms with Crippen LogP contribution in [0.3, 0.4) is 0 Å². The van der Waals surface area contributed by atoms with Gasteiger partial charge in [-0.05, 0) is 37.1 Å². The first-order valence-corrected chi connectivity index (χ1v) is 5.73. The lowest BCUT2D eigenvalue weighted by Crippen LogP contribution is -2.44. The van der Waals surface area contributed by atoms with Gasteiger partial charge in [-0.1, -0.05) is 13.8 Å². The van der Waals surface area contributed by atoms with Gasteiger partial charge in [-0.25, -0.2) is 5.84 Å². The van der Waals surface area contributed by atoms with Gasteiger partial charge in [0.05, 0.1) is 0 Å². The highest BCUT2D eigenvalue weighted by molar-refractivity contribution is 5.94. The average molecular weight is 250 g/mol. The Morgan fingerprint density at radius 3 is 2.17 bits per heavy atom. The van der Waals surface area contributed by atoms with Gasteiger partial charge in [-0.2, -0.15) is 0 Å². The number of ether oxygens (including phenoxy) is 1. The zero-order valence-electron chi connectivity index (χ0n) is 10.8. The molecule has 5 heteroatoms. The third-order valence-corrected chi connectivity index (χ3v) is 2.53. The number of benzene rings is 1. The maximum absolute atomic E-state index is 11.5. The number of nitrogens with one attached hydrogen (secondary N) is 1. The number of Topliss-reactive ketones (excluding diaryl/α,β-unsaturated/α-hetero) is 1. The van der Waals surface area contributed by atoms with E-state index in [2.05, 4.69) is 5.43 Å². The summed E-state index contributed by atoms with van der Waals surface area (Å²) in [7, 11) is 0. The molecule has 0 aliphatic rings. The van der Waals surface area contributed by atoms with Crippen LogP contribution in [0.25, 0.3) is 0 Å². The summed E-state index contributed by atoms with van der Waals surface area (Å²) in [6.07, 6.45) is -0.654. The predicted molar refractivity (Wildman–Crippen MR) is 68.0 cm³/mol. The molecule has 1 amide bonds. The Balaban J connectivity index is 2.81. The van der Waals surface area contributed by atoms with Crippen molar-refractivity contribution in [1.82, 2.24) is 5.43 Å². The number of carbonyl (C=O) groups excluding carboxylic acids is 2. The highest BCUT2D eigenvalue weighted by atomic mass is 16.5. The highest BCUT2D eigenvalue weighted by Crippen LogP contribution is 2.17. The molecule has 0 aliphatic carbocycles. The van der Waals surface area contributed by atoms with Gasteiger partial charge in [0.15, 0.2) is 11.9 Å². The smallest absolute Gasteiger partial charge is 0.275 e. The molecule has 0 fully saturated rings. The lowest BCUT2D eigenvalue weighted by Gasteiger charge is -2.20. The number of rotatable bonds is 5. The van der Waals surface area contributed by atoms with E-state index in [0.717, 1.165) is 0 Å². The van der Waals surface area contributed by atoms with E-state index in [4.69, 9.17) is 10.6 Å². The standard InChI is InChI=1S/C13H18N2O3/c1-8(2)12(13(17)15-14)18-11-6-4-10(5-7-11)9(3)16/h4-8,12H,14H2,1-3H3,(H,15,17). The number of ketones is 1. The molecule has 0 radical (unpaired) electrons. The molecule has 3 N–H and O–H groups in total. The molecular formula is C13H18N2O3. The van der Waals surface area contributed by atoms with Gasteiger partial charge in [0, 0.05) is 5.56 Å². The molecule has 5 nitrogen and oxygen atoms in total. The van der Waals surface area contributed by atoms with Gasteiger partial charge >= 0.3 is 0 Å². The summed E-state index contributed by atoms with van der Waals surface area (Å²) < 4.78 is 5.56. The predicted octanol–water partition coefficient (Wildman–Crippen LogP) is 1.28. The van der Waals surface area contributed by atoms with Gasteiger partial charge in [0.25, 0.3) is 5.91 Å². The van der Waals surface area contributed by atoms with E-state index in [1.165, 1.54) is 6.92 Å². The first kappa shape index (κ1) is 14.2. The Labute approximate surface area is 106 Å². The third-order valence-electron chi connectivity index (χ3n) is 2.53. The van der Waals surface area contributed by atoms with Gasteiger partial charge in [0.2, 0.25) is 0 Å². The molecule has 0 saturated carbocycles. The summed E-state index contributed by atoms with van der Waals surface area (Å²) in [4.78, 5) is 22.6. The third kappa shape index (κ3) is 3.56. The molecule has 0 bridgehead atoms. The minimum absolute atomic E-state index is 0.0124. The summed E-state index contributed by atoms with van der Waals surface area (Å²) in [5.74, 6) is 5.23. The van der Waals surface area contributed by atoms with Crippen LogP contribution in [0.5, 0.6) is 5.75 Å². The SMILES string of the molecule is CC(=O)c1ccc(OC(C(=O)NN)C(C)C)cc1. The van der Waals surface area contributed by atoms with Crippen molar-refractivity contribution in [3.05, 3.63) is 29.8 Å². The minimum Gasteiger partial charge on any atom is -0.480 e. The van der Waals surface area contributed by atoms with Gasteiger partial charge in [-0.3, -0.25) is 15.0 Å². The first-order valence-electron chi connectivity index (χ1n) is 5.73. The molecule has 0 spiro atoms. The zero-order valence-corrected chi connectivity index (χ0v) is 10.8. The molecule has 18 heavy (non-hydrogen) atoms. The summed E-state index contributed by atoms with van der Waals surface area (Å²) in [5.41, 5.74) is 2.68. The number of carbonyl (C=O) groups is 2. The normalized spacial score (nSPS) is 12.1. The molecule has 0 saturated heterocycles. The van der Waals surface area contributed by atoms with Crippen LogP contribution < -0.4 is 16.0 Å². The van der Waals surface area contributed by atoms with E-state index in [1.54, 1.807) is 24.3 Å². The van der Waals surface area contributed by atoms with Crippen molar-refractivity contribution in [3.63, 3.8) is 0 Å². The molecule has 98 valence electrons. The Hall–Kier alpha value is -1.88. The Morgan fingerprint density at radius 2 is 1.78 bits per heavy atom. The fourth-order valence-electron chi connectivity index (χ4n) is 1.49. The van der Waals surface area contributed by atoms with Crippen LogP contribution in [0.15, 0.2) is 24.3 Å². The fourth-order valence-corrected chi connectivity index (χ4v) is 1.49. The summed E-state index contributed by atoms with van der Waals surface area (Å²) in [6.45, 7) is 5.22. The largest absolute Gasteiger partial charge is 0.480 e. The minimum atomic E-state index is -0.654. The van der Waals surface area contributed by atoms with E-state index in [0.29, 0.717) is 11.3 Å². The van der Waals surface area contributed by atoms with Crippen LogP contribution in [0, 0.1) is 5.92 Å². The molecule has 1 rings (SSSR count). The first-order chi connectivity index (χ1) is 8.45. The monoisotopic (exact) mass is 250 g/mol. The molecule has 1 aromatic rings. The Bertz CT molecular complexity index is 426. The van der Waals surface area contributed by atoms with Gasteiger partial charge in [0.1, 0.15) is 5.75 Å². The van der Waals surface area contributed by atoms with Crippen molar-refractivity contribution in [2.24, 2.45) is 11.8 Å². The second-order valence-electron chi connectivity index (χ2n) is 4.37. The van der Waals surface area contributed by atoms with Crippen molar-refractivity contribution in [2.45, 2.75) is 26.9 Å². The van der Waals surface area contributed by atoms with Crippen LogP contribution in [0.2, 0.25) is 0 Å². The maximum atomic E-state index is 11.5. The molecule has 1 atom stereocenters. The fraction of sp³-hybridized carbons (Fsp3) is 0.385. The van der Waals surface area contributed by atoms with E-state index in [9.17, 15) is 9.59 Å². The number of nitrogens with two attached hydrogens (primary N) is 1. The summed E-state index contributed by atoms with van der Waals surface area (Å²) >= 11 is 0. The van der Waals surface area contributed by atoms with Crippen molar-refractivity contribution in [2.75, 3.05) is 0 Å². The van der Waals surface area contributed by atoms with Crippen LogP contribution in [0.1, 0.15) is 31.1 Å². The van der Waals surface area contributed by atoms with Crippen LogP contribution in [-0.2, 0) is 4.79 Å². The quantitative estimate of drug-likeness (QED) is 0.357. The van der Waals surface area contributed by atoms with Crippen LogP contribution >= 0.6 is 0 Å². The Morgan fingerprint density at radius 1 is 1.22 bits per heavy atom. The van der Waals surface area contributed by atoms with E-state index in [-0.39, 0.29) is 17.6 Å². The second-order valence-corrected chi connectivity index (χ2v) is 4.37. The lowest BCUT2D eigenvalue weighted by atomic mass is 10.1. The molecule has 1 aromatic carbocycles. The van der Waals surface area contributed by atoms with Gasteiger partial charge in [-0.15, -0.1) is 0 Å². The second kappa shape index (κ2) is 6.16. The maximum Gasteiger partial charge on any atom is 0.275 e. The molecule has 0 aliphatic heterocycles. The number of amides is 1. The van der Waals surface area contributed by atoms with Crippen molar-refractivity contribution in [1.29, 1.82) is 0 Å².